The van der Waals surface area contributed by atoms with Crippen LogP contribution in [0.4, 0.5) is 5.13 Å². The van der Waals surface area contributed by atoms with Crippen LogP contribution in [0, 0.1) is 18.8 Å². The van der Waals surface area contributed by atoms with Crippen LogP contribution < -0.4 is 5.32 Å². The van der Waals surface area contributed by atoms with E-state index < -0.39 is 0 Å². The predicted octanol–water partition coefficient (Wildman–Crippen LogP) is 2.28. The van der Waals surface area contributed by atoms with Gasteiger partial charge < -0.3 is 10.2 Å². The summed E-state index contributed by atoms with van der Waals surface area (Å²) in [5.74, 6) is 0.439. The van der Waals surface area contributed by atoms with Crippen LogP contribution in [0.25, 0.3) is 0 Å². The lowest BCUT2D eigenvalue weighted by molar-refractivity contribution is -0.136. The van der Waals surface area contributed by atoms with Crippen molar-refractivity contribution in [2.24, 2.45) is 11.8 Å². The molecule has 1 N–H and O–H groups in total. The summed E-state index contributed by atoms with van der Waals surface area (Å²) in [5.41, 5.74) is 0. The van der Waals surface area contributed by atoms with E-state index in [1.807, 2.05) is 6.92 Å². The van der Waals surface area contributed by atoms with Crippen LogP contribution in [0.2, 0.25) is 0 Å². The van der Waals surface area contributed by atoms with Gasteiger partial charge in [-0.15, -0.1) is 11.3 Å². The van der Waals surface area contributed by atoms with Crippen molar-refractivity contribution in [1.29, 1.82) is 0 Å². The van der Waals surface area contributed by atoms with E-state index in [-0.39, 0.29) is 24.3 Å². The number of amides is 2. The Bertz CT molecular complexity index is 494. The van der Waals surface area contributed by atoms with Crippen LogP contribution in [-0.2, 0) is 9.59 Å². The zero-order chi connectivity index (χ0) is 14.7. The summed E-state index contributed by atoms with van der Waals surface area (Å²) in [6.07, 6.45) is 3.64. The Morgan fingerprint density at radius 2 is 2.20 bits per heavy atom. The standard InChI is InChI=1S/C14H21N3O2S/c1-9(2)7-17(13(19)11-4-5-11)8-12(18)16-14-15-6-10(3)20-14/h6,9,11H,4-5,7-8H2,1-3H3,(H,15,16,18). The van der Waals surface area contributed by atoms with Gasteiger partial charge in [0.15, 0.2) is 5.13 Å². The second kappa shape index (κ2) is 6.35. The summed E-state index contributed by atoms with van der Waals surface area (Å²) in [7, 11) is 0. The van der Waals surface area contributed by atoms with Crippen molar-refractivity contribution >= 4 is 28.3 Å². The minimum Gasteiger partial charge on any atom is -0.333 e. The third-order valence-electron chi connectivity index (χ3n) is 3.03. The van der Waals surface area contributed by atoms with Gasteiger partial charge in [0.2, 0.25) is 11.8 Å². The van der Waals surface area contributed by atoms with Gasteiger partial charge in [-0.05, 0) is 25.7 Å². The first kappa shape index (κ1) is 15.0. The van der Waals surface area contributed by atoms with Crippen LogP contribution in [0.1, 0.15) is 31.6 Å². The Morgan fingerprint density at radius 3 is 2.70 bits per heavy atom. The van der Waals surface area contributed by atoms with E-state index in [2.05, 4.69) is 24.1 Å². The SMILES string of the molecule is Cc1cnc(NC(=O)CN(CC(C)C)C(=O)C2CC2)s1. The number of carbonyl (C=O) groups is 2. The minimum atomic E-state index is -0.172. The van der Waals surface area contributed by atoms with E-state index in [0.717, 1.165) is 17.7 Å². The quantitative estimate of drug-likeness (QED) is 0.876. The summed E-state index contributed by atoms with van der Waals surface area (Å²) in [5, 5.41) is 3.35. The Hall–Kier alpha value is -1.43. The van der Waals surface area contributed by atoms with Crippen molar-refractivity contribution in [2.75, 3.05) is 18.4 Å². The van der Waals surface area contributed by atoms with E-state index in [1.165, 1.54) is 11.3 Å². The normalized spacial score (nSPS) is 14.4. The molecule has 1 aliphatic carbocycles. The predicted molar refractivity (Wildman–Crippen MR) is 79.6 cm³/mol. The summed E-state index contributed by atoms with van der Waals surface area (Å²) in [6, 6.07) is 0. The first-order chi connectivity index (χ1) is 9.45. The molecule has 0 spiro atoms. The molecule has 0 radical (unpaired) electrons. The van der Waals surface area contributed by atoms with Gasteiger partial charge in [0.1, 0.15) is 0 Å². The Balaban J connectivity index is 1.92. The molecule has 1 aromatic heterocycles. The van der Waals surface area contributed by atoms with Crippen LogP contribution in [-0.4, -0.2) is 34.8 Å². The number of hydrogen-bond acceptors (Lipinski definition) is 4. The topological polar surface area (TPSA) is 62.3 Å². The lowest BCUT2D eigenvalue weighted by atomic mass is 10.2. The fraction of sp³-hybridized carbons (Fsp3) is 0.643. The molecule has 0 aromatic carbocycles. The highest BCUT2D eigenvalue weighted by atomic mass is 32.1. The first-order valence-corrected chi connectivity index (χ1v) is 7.78. The first-order valence-electron chi connectivity index (χ1n) is 6.96. The van der Waals surface area contributed by atoms with Gasteiger partial charge in [-0.2, -0.15) is 0 Å². The van der Waals surface area contributed by atoms with Gasteiger partial charge in [0.25, 0.3) is 0 Å². The highest BCUT2D eigenvalue weighted by Gasteiger charge is 2.34. The molecule has 0 bridgehead atoms. The number of nitrogens with one attached hydrogen (secondary N) is 1. The maximum absolute atomic E-state index is 12.2. The Labute approximate surface area is 123 Å². The molecule has 0 unspecified atom stereocenters. The van der Waals surface area contributed by atoms with E-state index >= 15 is 0 Å². The molecule has 20 heavy (non-hydrogen) atoms. The molecule has 1 aromatic rings. The maximum atomic E-state index is 12.2. The number of rotatable bonds is 6. The fourth-order valence-electron chi connectivity index (χ4n) is 2.01. The summed E-state index contributed by atoms with van der Waals surface area (Å²) in [4.78, 5) is 31.0. The number of aryl methyl sites for hydroxylation is 1. The van der Waals surface area contributed by atoms with Gasteiger partial charge in [-0.25, -0.2) is 4.98 Å². The molecule has 2 rings (SSSR count). The highest BCUT2D eigenvalue weighted by molar-refractivity contribution is 7.15. The molecule has 0 aliphatic heterocycles. The third-order valence-corrected chi connectivity index (χ3v) is 3.85. The van der Waals surface area contributed by atoms with Crippen LogP contribution >= 0.6 is 11.3 Å². The van der Waals surface area contributed by atoms with E-state index in [0.29, 0.717) is 17.6 Å². The average molecular weight is 295 g/mol. The molecule has 1 saturated carbocycles. The fourth-order valence-corrected chi connectivity index (χ4v) is 2.69. The van der Waals surface area contributed by atoms with Crippen molar-refractivity contribution in [2.45, 2.75) is 33.6 Å². The summed E-state index contributed by atoms with van der Waals surface area (Å²) in [6.45, 7) is 6.78. The number of carbonyl (C=O) groups excluding carboxylic acids is 2. The van der Waals surface area contributed by atoms with Crippen molar-refractivity contribution in [3.8, 4) is 0 Å². The molecule has 1 fully saturated rings. The third kappa shape index (κ3) is 4.30. The van der Waals surface area contributed by atoms with Crippen molar-refractivity contribution in [3.05, 3.63) is 11.1 Å². The molecule has 0 saturated heterocycles. The minimum absolute atomic E-state index is 0.115. The molecular weight excluding hydrogens is 274 g/mol. The van der Waals surface area contributed by atoms with Crippen LogP contribution in [0.15, 0.2) is 6.20 Å². The molecule has 1 aliphatic rings. The van der Waals surface area contributed by atoms with Crippen molar-refractivity contribution < 1.29 is 9.59 Å². The monoisotopic (exact) mass is 295 g/mol. The van der Waals surface area contributed by atoms with Crippen LogP contribution in [0.5, 0.6) is 0 Å². The Kier molecular flexibility index (Phi) is 4.75. The number of hydrogen-bond donors (Lipinski definition) is 1. The summed E-state index contributed by atoms with van der Waals surface area (Å²) >= 11 is 1.44. The van der Waals surface area contributed by atoms with Gasteiger partial charge >= 0.3 is 0 Å². The number of nitrogens with zero attached hydrogens (tertiary/aromatic N) is 2. The molecular formula is C14H21N3O2S. The second-order valence-electron chi connectivity index (χ2n) is 5.71. The molecule has 6 heteroatoms. The maximum Gasteiger partial charge on any atom is 0.245 e. The molecule has 0 atom stereocenters. The zero-order valence-electron chi connectivity index (χ0n) is 12.2. The lowest BCUT2D eigenvalue weighted by Gasteiger charge is -2.23. The van der Waals surface area contributed by atoms with Gasteiger partial charge in [-0.3, -0.25) is 9.59 Å². The van der Waals surface area contributed by atoms with Gasteiger partial charge in [0, 0.05) is 23.5 Å². The molecule has 1 heterocycles. The number of thiazole rings is 1. The largest absolute Gasteiger partial charge is 0.333 e. The van der Waals surface area contributed by atoms with E-state index in [1.54, 1.807) is 11.1 Å². The average Bonchev–Trinajstić information content (AvgIpc) is 3.12. The smallest absolute Gasteiger partial charge is 0.245 e. The number of aromatic nitrogens is 1. The van der Waals surface area contributed by atoms with E-state index in [4.69, 9.17) is 0 Å². The zero-order valence-corrected chi connectivity index (χ0v) is 13.0. The van der Waals surface area contributed by atoms with Gasteiger partial charge in [-0.1, -0.05) is 13.8 Å². The Morgan fingerprint density at radius 1 is 1.50 bits per heavy atom. The second-order valence-corrected chi connectivity index (χ2v) is 6.95. The highest BCUT2D eigenvalue weighted by Crippen LogP contribution is 2.31. The summed E-state index contributed by atoms with van der Waals surface area (Å²) < 4.78 is 0. The van der Waals surface area contributed by atoms with Crippen molar-refractivity contribution in [3.63, 3.8) is 0 Å². The molecule has 5 nitrogen and oxygen atoms in total. The molecule has 110 valence electrons. The van der Waals surface area contributed by atoms with E-state index in [9.17, 15) is 9.59 Å². The van der Waals surface area contributed by atoms with Gasteiger partial charge in [0.05, 0.1) is 6.54 Å². The van der Waals surface area contributed by atoms with Crippen molar-refractivity contribution in [1.82, 2.24) is 9.88 Å². The lowest BCUT2D eigenvalue weighted by Crippen LogP contribution is -2.41. The van der Waals surface area contributed by atoms with Crippen LogP contribution in [0.3, 0.4) is 0 Å². The molecule has 2 amide bonds. The number of anilines is 1.